The first-order valence-electron chi connectivity index (χ1n) is 11.0. The molecule has 0 aliphatic carbocycles. The van der Waals surface area contributed by atoms with Gasteiger partial charge in [0.1, 0.15) is 0 Å². The van der Waals surface area contributed by atoms with Crippen molar-refractivity contribution >= 4 is 28.9 Å². The quantitative estimate of drug-likeness (QED) is 0.360. The summed E-state index contributed by atoms with van der Waals surface area (Å²) in [6, 6.07) is 22.4. The third-order valence-corrected chi connectivity index (χ3v) is 6.09. The first-order chi connectivity index (χ1) is 16.4. The number of urea groups is 1. The van der Waals surface area contributed by atoms with Gasteiger partial charge in [0.25, 0.3) is 5.89 Å². The van der Waals surface area contributed by atoms with E-state index in [0.717, 1.165) is 39.2 Å². The standard InChI is InChI=1S/C27H23ClN4O2/c1-16-13-17(2)15-22(14-16)32-18(3)23(24(29-27(32)33)19-7-5-4-6-8-19)26-30-25(31-34-26)20-9-11-21(28)12-10-20/h4-15,24H,1-3H3,(H,29,33). The fourth-order valence-corrected chi connectivity index (χ4v) is 4.48. The zero-order valence-electron chi connectivity index (χ0n) is 19.0. The molecule has 1 aliphatic heterocycles. The van der Waals surface area contributed by atoms with E-state index >= 15 is 0 Å². The van der Waals surface area contributed by atoms with Crippen molar-refractivity contribution in [3.8, 4) is 11.4 Å². The highest BCUT2D eigenvalue weighted by Gasteiger charge is 2.36. The van der Waals surface area contributed by atoms with Crippen LogP contribution in [0.4, 0.5) is 10.5 Å². The molecule has 34 heavy (non-hydrogen) atoms. The Morgan fingerprint density at radius 2 is 1.62 bits per heavy atom. The zero-order valence-corrected chi connectivity index (χ0v) is 19.8. The lowest BCUT2D eigenvalue weighted by atomic mass is 9.94. The highest BCUT2D eigenvalue weighted by atomic mass is 35.5. The van der Waals surface area contributed by atoms with Crippen LogP contribution in [-0.2, 0) is 0 Å². The molecule has 1 aromatic heterocycles. The number of nitrogens with zero attached hydrogens (tertiary/aromatic N) is 3. The summed E-state index contributed by atoms with van der Waals surface area (Å²) in [5, 5.41) is 7.98. The van der Waals surface area contributed by atoms with Crippen molar-refractivity contribution < 1.29 is 9.32 Å². The van der Waals surface area contributed by atoms with Crippen LogP contribution in [0.25, 0.3) is 17.0 Å². The van der Waals surface area contributed by atoms with Crippen molar-refractivity contribution in [3.63, 3.8) is 0 Å². The van der Waals surface area contributed by atoms with Gasteiger partial charge < -0.3 is 9.84 Å². The average molecular weight is 471 g/mol. The Balaban J connectivity index is 1.66. The predicted octanol–water partition coefficient (Wildman–Crippen LogP) is 6.71. The maximum Gasteiger partial charge on any atom is 0.326 e. The fraction of sp³-hybridized carbons (Fsp3) is 0.148. The Kier molecular flexibility index (Phi) is 5.67. The molecule has 0 radical (unpaired) electrons. The second kappa shape index (κ2) is 8.80. The number of anilines is 1. The Morgan fingerprint density at radius 3 is 2.29 bits per heavy atom. The van der Waals surface area contributed by atoms with Gasteiger partial charge in [0.05, 0.1) is 17.3 Å². The van der Waals surface area contributed by atoms with Gasteiger partial charge >= 0.3 is 6.03 Å². The molecule has 3 aromatic carbocycles. The molecular formula is C27H23ClN4O2. The van der Waals surface area contributed by atoms with E-state index in [9.17, 15) is 4.79 Å². The minimum atomic E-state index is -0.436. The molecule has 0 saturated carbocycles. The Bertz CT molecular complexity index is 1370. The van der Waals surface area contributed by atoms with Gasteiger partial charge in [0.2, 0.25) is 5.82 Å². The molecule has 1 atom stereocenters. The average Bonchev–Trinajstić information content (AvgIpc) is 3.29. The van der Waals surface area contributed by atoms with Crippen LogP contribution in [0.5, 0.6) is 0 Å². The van der Waals surface area contributed by atoms with E-state index in [1.165, 1.54) is 0 Å². The fourth-order valence-electron chi connectivity index (χ4n) is 4.36. The maximum absolute atomic E-state index is 13.3. The van der Waals surface area contributed by atoms with Crippen molar-refractivity contribution in [2.45, 2.75) is 26.8 Å². The first kappa shape index (κ1) is 21.9. The van der Waals surface area contributed by atoms with Gasteiger partial charge in [0.15, 0.2) is 0 Å². The number of amides is 2. The molecule has 1 unspecified atom stereocenters. The second-order valence-electron chi connectivity index (χ2n) is 8.40. The summed E-state index contributed by atoms with van der Waals surface area (Å²) in [6.07, 6.45) is 0. The third-order valence-electron chi connectivity index (χ3n) is 5.84. The van der Waals surface area contributed by atoms with E-state index in [1.807, 2.05) is 75.4 Å². The van der Waals surface area contributed by atoms with Crippen LogP contribution in [0, 0.1) is 13.8 Å². The monoisotopic (exact) mass is 470 g/mol. The van der Waals surface area contributed by atoms with Gasteiger partial charge in [-0.3, -0.25) is 4.90 Å². The molecule has 4 aromatic rings. The summed E-state index contributed by atoms with van der Waals surface area (Å²) in [7, 11) is 0. The lowest BCUT2D eigenvalue weighted by molar-refractivity contribution is 0.244. The Labute approximate surface area is 202 Å². The largest absolute Gasteiger partial charge is 0.334 e. The van der Waals surface area contributed by atoms with Crippen LogP contribution in [-0.4, -0.2) is 16.2 Å². The summed E-state index contributed by atoms with van der Waals surface area (Å²) in [5.74, 6) is 0.805. The van der Waals surface area contributed by atoms with E-state index in [2.05, 4.69) is 16.5 Å². The van der Waals surface area contributed by atoms with Crippen molar-refractivity contribution in [2.75, 3.05) is 4.90 Å². The smallest absolute Gasteiger partial charge is 0.326 e. The van der Waals surface area contributed by atoms with Gasteiger partial charge in [-0.15, -0.1) is 0 Å². The molecule has 5 rings (SSSR count). The molecule has 1 N–H and O–H groups in total. The number of carbonyl (C=O) groups is 1. The number of carbonyl (C=O) groups excluding carboxylic acids is 1. The van der Waals surface area contributed by atoms with E-state index in [-0.39, 0.29) is 6.03 Å². The minimum absolute atomic E-state index is 0.211. The predicted molar refractivity (Wildman–Crippen MR) is 133 cm³/mol. The van der Waals surface area contributed by atoms with Crippen molar-refractivity contribution in [2.24, 2.45) is 0 Å². The second-order valence-corrected chi connectivity index (χ2v) is 8.84. The van der Waals surface area contributed by atoms with Crippen molar-refractivity contribution in [3.05, 3.63) is 106 Å². The highest BCUT2D eigenvalue weighted by molar-refractivity contribution is 6.30. The summed E-state index contributed by atoms with van der Waals surface area (Å²) in [4.78, 5) is 19.7. The molecule has 1 aliphatic rings. The zero-order chi connectivity index (χ0) is 23.8. The maximum atomic E-state index is 13.3. The van der Waals surface area contributed by atoms with Crippen LogP contribution in [0.1, 0.15) is 35.5 Å². The number of rotatable bonds is 4. The molecular weight excluding hydrogens is 448 g/mol. The summed E-state index contributed by atoms with van der Waals surface area (Å²) in [6.45, 7) is 5.94. The Morgan fingerprint density at radius 1 is 0.941 bits per heavy atom. The van der Waals surface area contributed by atoms with E-state index in [1.54, 1.807) is 17.0 Å². The Hall–Kier alpha value is -3.90. The minimum Gasteiger partial charge on any atom is -0.334 e. The number of aromatic nitrogens is 2. The van der Waals surface area contributed by atoms with Gasteiger partial charge in [-0.25, -0.2) is 4.79 Å². The molecule has 0 fully saturated rings. The molecule has 170 valence electrons. The van der Waals surface area contributed by atoms with Gasteiger partial charge in [0, 0.05) is 16.3 Å². The normalized spacial score (nSPS) is 16.1. The van der Waals surface area contributed by atoms with Crippen LogP contribution in [0.2, 0.25) is 5.02 Å². The highest BCUT2D eigenvalue weighted by Crippen LogP contribution is 2.39. The number of allylic oxidation sites excluding steroid dienone is 1. The van der Waals surface area contributed by atoms with Crippen LogP contribution < -0.4 is 10.2 Å². The van der Waals surface area contributed by atoms with E-state index in [4.69, 9.17) is 21.1 Å². The van der Waals surface area contributed by atoms with Gasteiger partial charge in [-0.1, -0.05) is 53.2 Å². The summed E-state index contributed by atoms with van der Waals surface area (Å²) < 4.78 is 5.75. The molecule has 0 spiro atoms. The van der Waals surface area contributed by atoms with Crippen LogP contribution >= 0.6 is 11.6 Å². The van der Waals surface area contributed by atoms with Gasteiger partial charge in [-0.05, 0) is 73.9 Å². The number of hydrogen-bond donors (Lipinski definition) is 1. The molecule has 2 amide bonds. The third kappa shape index (κ3) is 4.08. The van der Waals surface area contributed by atoms with Crippen molar-refractivity contribution in [1.82, 2.24) is 15.5 Å². The lowest BCUT2D eigenvalue weighted by Crippen LogP contribution is -2.46. The van der Waals surface area contributed by atoms with Crippen LogP contribution in [0.15, 0.2) is 83.0 Å². The van der Waals surface area contributed by atoms with Crippen molar-refractivity contribution in [1.29, 1.82) is 0 Å². The SMILES string of the molecule is CC1=C(c2nc(-c3ccc(Cl)cc3)no2)C(c2ccccc2)NC(=O)N1c1cc(C)cc(C)c1. The lowest BCUT2D eigenvalue weighted by Gasteiger charge is -2.35. The van der Waals surface area contributed by atoms with Gasteiger partial charge in [-0.2, -0.15) is 4.98 Å². The number of halogens is 1. The number of nitrogens with one attached hydrogen (secondary N) is 1. The molecule has 7 heteroatoms. The topological polar surface area (TPSA) is 71.3 Å². The van der Waals surface area contributed by atoms with E-state index < -0.39 is 6.04 Å². The number of hydrogen-bond acceptors (Lipinski definition) is 4. The van der Waals surface area contributed by atoms with Crippen LogP contribution in [0.3, 0.4) is 0 Å². The molecule has 0 bridgehead atoms. The summed E-state index contributed by atoms with van der Waals surface area (Å²) >= 11 is 6.02. The summed E-state index contributed by atoms with van der Waals surface area (Å²) in [5.41, 5.74) is 6.13. The molecule has 2 heterocycles. The molecule has 0 saturated heterocycles. The first-order valence-corrected chi connectivity index (χ1v) is 11.3. The molecule has 6 nitrogen and oxygen atoms in total. The number of aryl methyl sites for hydroxylation is 2. The number of benzene rings is 3. The van der Waals surface area contributed by atoms with E-state index in [0.29, 0.717) is 16.7 Å².